The summed E-state index contributed by atoms with van der Waals surface area (Å²) in [5.41, 5.74) is 0. The zero-order valence-electron chi connectivity index (χ0n) is 5.99. The molecule has 0 aliphatic heterocycles. The van der Waals surface area contributed by atoms with Crippen molar-refractivity contribution in [3.05, 3.63) is 0 Å². The summed E-state index contributed by atoms with van der Waals surface area (Å²) >= 11 is 0. The highest BCUT2D eigenvalue weighted by atomic mass is 28.3. The van der Waals surface area contributed by atoms with Gasteiger partial charge < -0.3 is 4.74 Å². The summed E-state index contributed by atoms with van der Waals surface area (Å²) in [6.07, 6.45) is 0. The minimum atomic E-state index is -0.139. The first-order valence-corrected chi connectivity index (χ1v) is 6.01. The van der Waals surface area contributed by atoms with Crippen molar-refractivity contribution in [2.75, 3.05) is 14.2 Å². The van der Waals surface area contributed by atoms with E-state index in [4.69, 9.17) is 0 Å². The second kappa shape index (κ2) is 9.49. The van der Waals surface area contributed by atoms with Crippen LogP contribution in [-0.4, -0.2) is 23.0 Å². The fourth-order valence-corrected chi connectivity index (χ4v) is 0. The molecule has 0 aromatic rings. The summed E-state index contributed by atoms with van der Waals surface area (Å²) < 4.78 is 4.25. The number of methoxy groups -OCH3 is 1. The molecule has 0 N–H and O–H groups in total. The molecular formula is C5H16OSi. The topological polar surface area (TPSA) is 9.23 Å². The van der Waals surface area contributed by atoms with Crippen LogP contribution in [0, 0.1) is 0 Å². The fraction of sp³-hybridized carbons (Fsp3) is 1.00. The van der Waals surface area contributed by atoms with Gasteiger partial charge in [0.2, 0.25) is 0 Å². The third kappa shape index (κ3) is 3440. The quantitative estimate of drug-likeness (QED) is 0.439. The van der Waals surface area contributed by atoms with E-state index in [-0.39, 0.29) is 8.80 Å². The summed E-state index contributed by atoms with van der Waals surface area (Å²) in [4.78, 5) is 0. The Balaban J connectivity index is 0. The Morgan fingerprint density at radius 1 is 1.00 bits per heavy atom. The summed E-state index contributed by atoms with van der Waals surface area (Å²) in [7, 11) is 3.11. The van der Waals surface area contributed by atoms with Crippen LogP contribution in [0.1, 0.15) is 0 Å². The number of hydrogen-bond acceptors (Lipinski definition) is 1. The van der Waals surface area contributed by atoms with Crippen LogP contribution in [-0.2, 0) is 4.74 Å². The lowest BCUT2D eigenvalue weighted by Gasteiger charge is -1.75. The molecule has 46 valence electrons. The lowest BCUT2D eigenvalue weighted by atomic mass is 11.6. The number of rotatable bonds is 0. The molecule has 7 heavy (non-hydrogen) atoms. The highest BCUT2D eigenvalue weighted by molar-refractivity contribution is 6.54. The van der Waals surface area contributed by atoms with Gasteiger partial charge in [-0.2, -0.15) is 0 Å². The maximum atomic E-state index is 4.25. The van der Waals surface area contributed by atoms with Gasteiger partial charge in [-0.05, 0) is 0 Å². The molecule has 0 saturated heterocycles. The minimum absolute atomic E-state index is 0.139. The van der Waals surface area contributed by atoms with Crippen LogP contribution in [0.5, 0.6) is 0 Å². The molecule has 0 fully saturated rings. The van der Waals surface area contributed by atoms with Crippen LogP contribution in [0.25, 0.3) is 0 Å². The highest BCUT2D eigenvalue weighted by Crippen LogP contribution is 1.68. The van der Waals surface area contributed by atoms with E-state index in [0.717, 1.165) is 0 Å². The fourth-order valence-electron chi connectivity index (χ4n) is 0. The largest absolute Gasteiger partial charge is 0.388 e. The molecule has 0 radical (unpaired) electrons. The molecule has 0 heterocycles. The third-order valence-electron chi connectivity index (χ3n) is 0. The van der Waals surface area contributed by atoms with E-state index in [1.807, 2.05) is 0 Å². The average Bonchev–Trinajstić information content (AvgIpc) is 1.33. The van der Waals surface area contributed by atoms with Crippen molar-refractivity contribution in [3.63, 3.8) is 0 Å². The van der Waals surface area contributed by atoms with E-state index in [0.29, 0.717) is 0 Å². The van der Waals surface area contributed by atoms with Crippen LogP contribution in [0.3, 0.4) is 0 Å². The van der Waals surface area contributed by atoms with Crippen LogP contribution in [0.2, 0.25) is 19.6 Å². The third-order valence-corrected chi connectivity index (χ3v) is 0. The van der Waals surface area contributed by atoms with Crippen molar-refractivity contribution in [1.29, 1.82) is 0 Å². The van der Waals surface area contributed by atoms with Crippen LogP contribution in [0.15, 0.2) is 0 Å². The van der Waals surface area contributed by atoms with Crippen molar-refractivity contribution in [3.8, 4) is 0 Å². The first-order valence-electron chi connectivity index (χ1n) is 2.55. The summed E-state index contributed by atoms with van der Waals surface area (Å²) in [6.45, 7) is 6.92. The second-order valence-corrected chi connectivity index (χ2v) is 5.60. The molecule has 2 heteroatoms. The Hall–Kier alpha value is 0.177. The van der Waals surface area contributed by atoms with Crippen molar-refractivity contribution in [2.45, 2.75) is 19.6 Å². The van der Waals surface area contributed by atoms with Gasteiger partial charge in [0.1, 0.15) is 0 Å². The van der Waals surface area contributed by atoms with Gasteiger partial charge in [-0.15, -0.1) is 0 Å². The van der Waals surface area contributed by atoms with Gasteiger partial charge in [-0.3, -0.25) is 0 Å². The monoisotopic (exact) mass is 120 g/mol. The van der Waals surface area contributed by atoms with Crippen LogP contribution in [0.4, 0.5) is 0 Å². The van der Waals surface area contributed by atoms with Gasteiger partial charge in [-0.1, -0.05) is 19.6 Å². The molecule has 0 rings (SSSR count). The van der Waals surface area contributed by atoms with Crippen LogP contribution >= 0.6 is 0 Å². The van der Waals surface area contributed by atoms with E-state index in [9.17, 15) is 0 Å². The zero-order chi connectivity index (χ0) is 6.28. The van der Waals surface area contributed by atoms with Gasteiger partial charge in [0.05, 0.1) is 0 Å². The molecule has 0 amide bonds. The second-order valence-electron chi connectivity index (χ2n) is 2.14. The summed E-state index contributed by atoms with van der Waals surface area (Å²) in [5.74, 6) is 0. The van der Waals surface area contributed by atoms with E-state index in [1.165, 1.54) is 0 Å². The smallest absolute Gasteiger partial charge is 0.0351 e. The molecular weight excluding hydrogens is 104 g/mol. The molecule has 0 aromatic carbocycles. The number of hydrogen-bond donors (Lipinski definition) is 0. The SMILES string of the molecule is COC.C[SiH](C)C. The Morgan fingerprint density at radius 2 is 1.00 bits per heavy atom. The highest BCUT2D eigenvalue weighted by Gasteiger charge is 1.71. The molecule has 0 spiro atoms. The normalized spacial score (nSPS) is 7.71. The van der Waals surface area contributed by atoms with Gasteiger partial charge in [-0.25, -0.2) is 0 Å². The lowest BCUT2D eigenvalue weighted by Crippen LogP contribution is -1.84. The van der Waals surface area contributed by atoms with E-state index in [2.05, 4.69) is 24.4 Å². The first kappa shape index (κ1) is 10.2. The molecule has 0 bridgehead atoms. The molecule has 0 atom stereocenters. The van der Waals surface area contributed by atoms with Gasteiger partial charge in [0, 0.05) is 23.0 Å². The zero-order valence-corrected chi connectivity index (χ0v) is 7.14. The molecule has 0 unspecified atom stereocenters. The van der Waals surface area contributed by atoms with E-state index >= 15 is 0 Å². The Labute approximate surface area is 48.3 Å². The average molecular weight is 120 g/mol. The maximum Gasteiger partial charge on any atom is 0.0351 e. The Morgan fingerprint density at radius 3 is 1.00 bits per heavy atom. The van der Waals surface area contributed by atoms with Crippen molar-refractivity contribution < 1.29 is 4.74 Å². The first-order chi connectivity index (χ1) is 3.15. The molecule has 0 aliphatic carbocycles. The Bertz CT molecular complexity index is 19.3. The van der Waals surface area contributed by atoms with Crippen molar-refractivity contribution in [1.82, 2.24) is 0 Å². The number of ether oxygens (including phenoxy) is 1. The molecule has 0 saturated carbocycles. The van der Waals surface area contributed by atoms with Gasteiger partial charge >= 0.3 is 0 Å². The lowest BCUT2D eigenvalue weighted by molar-refractivity contribution is 0.277. The molecule has 0 aromatic heterocycles. The Kier molecular flexibility index (Phi) is 13.8. The maximum absolute atomic E-state index is 4.25. The van der Waals surface area contributed by atoms with Gasteiger partial charge in [0.15, 0.2) is 0 Å². The van der Waals surface area contributed by atoms with E-state index in [1.54, 1.807) is 14.2 Å². The predicted molar refractivity (Wildman–Crippen MR) is 37.7 cm³/mol. The predicted octanol–water partition coefficient (Wildman–Crippen LogP) is 1.37. The minimum Gasteiger partial charge on any atom is -0.388 e. The van der Waals surface area contributed by atoms with Crippen molar-refractivity contribution >= 4 is 8.80 Å². The molecule has 0 aliphatic rings. The molecule has 1 nitrogen and oxygen atoms in total. The standard InChI is InChI=1S/C3H10Si.C2H6O/c1-4(2)3;1-3-2/h4H,1-3H3;1-2H3. The van der Waals surface area contributed by atoms with Crippen molar-refractivity contribution in [2.24, 2.45) is 0 Å². The van der Waals surface area contributed by atoms with Gasteiger partial charge in [0.25, 0.3) is 0 Å². The summed E-state index contributed by atoms with van der Waals surface area (Å²) in [6, 6.07) is 0. The van der Waals surface area contributed by atoms with E-state index < -0.39 is 0 Å². The summed E-state index contributed by atoms with van der Waals surface area (Å²) in [5, 5.41) is 0. The van der Waals surface area contributed by atoms with Crippen LogP contribution < -0.4 is 0 Å².